The van der Waals surface area contributed by atoms with E-state index in [2.05, 4.69) is 0 Å². The van der Waals surface area contributed by atoms with Gasteiger partial charge in [-0.3, -0.25) is 0 Å². The molecule has 0 atom stereocenters. The molecule has 0 aliphatic rings. The van der Waals surface area contributed by atoms with Gasteiger partial charge in [-0.05, 0) is 33.3 Å². The van der Waals surface area contributed by atoms with Gasteiger partial charge in [0.05, 0.1) is 0 Å². The van der Waals surface area contributed by atoms with Crippen molar-refractivity contribution in [1.82, 2.24) is 0 Å². The maximum absolute atomic E-state index is 11.6. The molecule has 3 rings (SSSR count). The minimum absolute atomic E-state index is 0. The molecule has 4 nitrogen and oxygen atoms in total. The summed E-state index contributed by atoms with van der Waals surface area (Å²) in [6.07, 6.45) is 0. The Morgan fingerprint density at radius 1 is 0.472 bits per heavy atom. The van der Waals surface area contributed by atoms with E-state index in [0.717, 1.165) is 15.6 Å². The smallest absolute Gasteiger partial charge is 0.285 e. The number of hydrogen-bond donors (Lipinski definition) is 4. The van der Waals surface area contributed by atoms with Crippen molar-refractivity contribution in [3.8, 4) is 0 Å². The number of aliphatic hydroxyl groups excluding tert-OH is 3. The van der Waals surface area contributed by atoms with E-state index < -0.39 is 8.32 Å². The molecule has 6 heteroatoms. The number of rotatable bonds is 6. The van der Waals surface area contributed by atoms with Gasteiger partial charge in [0.2, 0.25) is 0 Å². The molecule has 0 saturated carbocycles. The fourth-order valence-electron chi connectivity index (χ4n) is 2.54. The van der Waals surface area contributed by atoms with Gasteiger partial charge in [-0.1, -0.05) is 133 Å². The van der Waals surface area contributed by atoms with E-state index in [0.29, 0.717) is 37.6 Å². The van der Waals surface area contributed by atoms with E-state index in [-0.39, 0.29) is 26.2 Å². The normalized spacial score (nSPS) is 10.2. The van der Waals surface area contributed by atoms with E-state index in [1.807, 2.05) is 133 Å². The van der Waals surface area contributed by atoms with Crippen LogP contribution < -0.4 is 15.6 Å². The van der Waals surface area contributed by atoms with Gasteiger partial charge in [0.25, 0.3) is 8.32 Å². The summed E-state index contributed by atoms with van der Waals surface area (Å²) >= 11 is 0. The number of aliphatic hydroxyl groups is 3. The van der Waals surface area contributed by atoms with E-state index in [1.54, 1.807) is 0 Å². The monoisotopic (exact) mass is 588 g/mol. The Labute approximate surface area is 239 Å². The molecule has 0 amide bonds. The quantitative estimate of drug-likeness (QED) is 0.262. The van der Waals surface area contributed by atoms with Gasteiger partial charge in [-0.25, -0.2) is 0 Å². The average molecular weight is 590 g/mol. The van der Waals surface area contributed by atoms with Crippen LogP contribution in [0.2, 0.25) is 0 Å². The van der Waals surface area contributed by atoms with E-state index in [1.165, 1.54) is 0 Å². The average Bonchev–Trinajstić information content (AvgIpc) is 2.90. The summed E-state index contributed by atoms with van der Waals surface area (Å²) in [6, 6.07) is 30.0. The van der Waals surface area contributed by atoms with Crippen molar-refractivity contribution < 1.29 is 46.3 Å². The standard InChI is InChI=1S/C18H16OSi.3C4H10O.Zr/c19-20(16-10-4-1-5-11-16,17-12-6-2-7-13-17)18-14-8-3-9-15-18;3*1-4(2)3-5;/h1-15,19H;3*4-5H,3H2,1-2H3;. The predicted octanol–water partition coefficient (Wildman–Crippen LogP) is 3.55. The molecule has 0 unspecified atom stereocenters. The third kappa shape index (κ3) is 15.0. The summed E-state index contributed by atoms with van der Waals surface area (Å²) < 4.78 is 0. The Hall–Kier alpha value is -1.40. The number of benzene rings is 3. The predicted molar refractivity (Wildman–Crippen MR) is 152 cm³/mol. The van der Waals surface area contributed by atoms with E-state index in [9.17, 15) is 4.80 Å². The first-order chi connectivity index (χ1) is 16.6. The SMILES string of the molecule is CC(C)CO.CC(C)CO.CC(C)CO.O[Si](c1ccccc1)(c1ccccc1)c1ccccc1.[Zr]. The van der Waals surface area contributed by atoms with Gasteiger partial charge in [0.1, 0.15) is 0 Å². The van der Waals surface area contributed by atoms with Crippen LogP contribution in [-0.4, -0.2) is 48.3 Å². The Kier molecular flexibility index (Phi) is 22.1. The second-order valence-corrected chi connectivity index (χ2v) is 12.7. The molecule has 36 heavy (non-hydrogen) atoms. The van der Waals surface area contributed by atoms with Crippen LogP contribution >= 0.6 is 0 Å². The second-order valence-electron chi connectivity index (χ2n) is 9.54. The zero-order chi connectivity index (χ0) is 26.7. The van der Waals surface area contributed by atoms with Crippen molar-refractivity contribution in [2.45, 2.75) is 41.5 Å². The summed E-state index contributed by atoms with van der Waals surface area (Å²) in [5, 5.41) is 27.5. The third-order valence-corrected chi connectivity index (χ3v) is 8.18. The molecule has 3 aromatic rings. The molecule has 4 N–H and O–H groups in total. The Morgan fingerprint density at radius 2 is 0.639 bits per heavy atom. The molecular formula is C30H46O4SiZr. The summed E-state index contributed by atoms with van der Waals surface area (Å²) in [4.78, 5) is 11.6. The van der Waals surface area contributed by atoms with Crippen LogP contribution in [-0.2, 0) is 26.2 Å². The van der Waals surface area contributed by atoms with Crippen molar-refractivity contribution >= 4 is 23.9 Å². The van der Waals surface area contributed by atoms with Crippen LogP contribution in [0.15, 0.2) is 91.0 Å². The molecule has 0 aliphatic heterocycles. The Bertz CT molecular complexity index is 744. The van der Waals surface area contributed by atoms with Gasteiger partial charge >= 0.3 is 0 Å². The van der Waals surface area contributed by atoms with Crippen molar-refractivity contribution in [2.75, 3.05) is 19.8 Å². The first-order valence-electron chi connectivity index (χ1n) is 12.3. The molecule has 0 saturated heterocycles. The number of hydrogen-bond acceptors (Lipinski definition) is 4. The van der Waals surface area contributed by atoms with Gasteiger partial charge in [0.15, 0.2) is 0 Å². The van der Waals surface area contributed by atoms with Crippen molar-refractivity contribution in [1.29, 1.82) is 0 Å². The largest absolute Gasteiger partial charge is 0.421 e. The van der Waals surface area contributed by atoms with Gasteiger partial charge < -0.3 is 20.1 Å². The van der Waals surface area contributed by atoms with Crippen molar-refractivity contribution in [3.63, 3.8) is 0 Å². The molecular weight excluding hydrogens is 544 g/mol. The Morgan fingerprint density at radius 3 is 0.778 bits per heavy atom. The third-order valence-electron chi connectivity index (χ3n) is 4.67. The zero-order valence-corrected chi connectivity index (χ0v) is 26.3. The van der Waals surface area contributed by atoms with Gasteiger partial charge in [-0.15, -0.1) is 0 Å². The summed E-state index contributed by atoms with van der Waals surface area (Å²) in [7, 11) is -2.88. The molecule has 0 bridgehead atoms. The van der Waals surface area contributed by atoms with Crippen LogP contribution in [0.3, 0.4) is 0 Å². The molecule has 3 aromatic carbocycles. The fourth-order valence-corrected chi connectivity index (χ4v) is 5.56. The zero-order valence-electron chi connectivity index (χ0n) is 22.8. The minimum Gasteiger partial charge on any atom is -0.421 e. The summed E-state index contributed by atoms with van der Waals surface area (Å²) in [5.74, 6) is 1.32. The molecule has 0 aromatic heterocycles. The van der Waals surface area contributed by atoms with E-state index in [4.69, 9.17) is 15.3 Å². The molecule has 0 heterocycles. The summed E-state index contributed by atoms with van der Waals surface area (Å²) in [5.41, 5.74) is 0. The van der Waals surface area contributed by atoms with Crippen LogP contribution in [0.4, 0.5) is 0 Å². The maximum atomic E-state index is 11.6. The maximum Gasteiger partial charge on any atom is 0.285 e. The van der Waals surface area contributed by atoms with Crippen LogP contribution in [0, 0.1) is 17.8 Å². The topological polar surface area (TPSA) is 80.9 Å². The van der Waals surface area contributed by atoms with Crippen LogP contribution in [0.25, 0.3) is 0 Å². The van der Waals surface area contributed by atoms with Crippen LogP contribution in [0.1, 0.15) is 41.5 Å². The van der Waals surface area contributed by atoms with Crippen LogP contribution in [0.5, 0.6) is 0 Å². The van der Waals surface area contributed by atoms with Gasteiger partial charge in [-0.2, -0.15) is 0 Å². The molecule has 0 radical (unpaired) electrons. The van der Waals surface area contributed by atoms with Crippen molar-refractivity contribution in [3.05, 3.63) is 91.0 Å². The fraction of sp³-hybridized carbons (Fsp3) is 0.400. The second kappa shape index (κ2) is 21.7. The van der Waals surface area contributed by atoms with Gasteiger partial charge in [0, 0.05) is 46.0 Å². The van der Waals surface area contributed by atoms with Crippen molar-refractivity contribution in [2.24, 2.45) is 17.8 Å². The summed E-state index contributed by atoms with van der Waals surface area (Å²) in [6.45, 7) is 12.7. The Balaban J connectivity index is 0. The minimum atomic E-state index is -2.88. The molecule has 0 spiro atoms. The first kappa shape index (κ1) is 36.8. The first-order valence-corrected chi connectivity index (χ1v) is 14.3. The van der Waals surface area contributed by atoms with E-state index >= 15 is 0 Å². The molecule has 0 aliphatic carbocycles. The molecule has 198 valence electrons. The molecule has 0 fully saturated rings.